The second-order valence-corrected chi connectivity index (χ2v) is 6.10. The number of carbonyl (C=O) groups is 1. The molecule has 2 rings (SSSR count). The number of aliphatic carboxylic acids is 1. The summed E-state index contributed by atoms with van der Waals surface area (Å²) in [5.74, 6) is 0.548. The van der Waals surface area contributed by atoms with E-state index in [2.05, 4.69) is 20.8 Å². The third-order valence-corrected chi connectivity index (χ3v) is 4.19. The molecule has 20 heavy (non-hydrogen) atoms. The van der Waals surface area contributed by atoms with Gasteiger partial charge in [-0.25, -0.2) is 0 Å². The van der Waals surface area contributed by atoms with E-state index in [9.17, 15) is 4.79 Å². The molecule has 1 aromatic rings. The molecule has 0 atom stereocenters. The zero-order chi connectivity index (χ0) is 14.4. The van der Waals surface area contributed by atoms with E-state index in [1.807, 2.05) is 24.3 Å². The largest absolute Gasteiger partial charge is 0.492 e. The summed E-state index contributed by atoms with van der Waals surface area (Å²) in [6.45, 7) is 3.52. The SMILES string of the molecule is O=C(O)CC1CCN(CCOc2ccc(Br)cc2)CC1. The summed E-state index contributed by atoms with van der Waals surface area (Å²) in [6, 6.07) is 7.83. The summed E-state index contributed by atoms with van der Waals surface area (Å²) in [5, 5.41) is 8.78. The maximum Gasteiger partial charge on any atom is 0.303 e. The van der Waals surface area contributed by atoms with Crippen LogP contribution in [0.1, 0.15) is 19.3 Å². The molecule has 0 amide bonds. The molecule has 0 aromatic heterocycles. The van der Waals surface area contributed by atoms with Gasteiger partial charge in [-0.15, -0.1) is 0 Å². The third kappa shape index (κ3) is 5.13. The van der Waals surface area contributed by atoms with Gasteiger partial charge in [-0.2, -0.15) is 0 Å². The van der Waals surface area contributed by atoms with E-state index in [1.165, 1.54) is 0 Å². The molecule has 1 aliphatic heterocycles. The summed E-state index contributed by atoms with van der Waals surface area (Å²) in [6.07, 6.45) is 2.26. The van der Waals surface area contributed by atoms with Crippen molar-refractivity contribution < 1.29 is 14.6 Å². The number of hydrogen-bond acceptors (Lipinski definition) is 3. The van der Waals surface area contributed by atoms with Crippen LogP contribution in [0.15, 0.2) is 28.7 Å². The first-order chi connectivity index (χ1) is 9.63. The highest BCUT2D eigenvalue weighted by molar-refractivity contribution is 9.10. The molecule has 0 bridgehead atoms. The molecule has 1 saturated heterocycles. The van der Waals surface area contributed by atoms with Crippen LogP contribution in [0.25, 0.3) is 0 Å². The summed E-state index contributed by atoms with van der Waals surface area (Å²) in [7, 11) is 0. The second kappa shape index (κ2) is 7.64. The van der Waals surface area contributed by atoms with Crippen LogP contribution in [-0.2, 0) is 4.79 Å². The molecule has 0 saturated carbocycles. The molecule has 4 nitrogen and oxygen atoms in total. The number of ether oxygens (including phenoxy) is 1. The summed E-state index contributed by atoms with van der Waals surface area (Å²) >= 11 is 3.39. The molecule has 1 aliphatic rings. The van der Waals surface area contributed by atoms with Crippen molar-refractivity contribution in [3.63, 3.8) is 0 Å². The van der Waals surface area contributed by atoms with Crippen LogP contribution in [0.5, 0.6) is 5.75 Å². The van der Waals surface area contributed by atoms with E-state index in [4.69, 9.17) is 9.84 Å². The Kier molecular flexibility index (Phi) is 5.86. The molecular weight excluding hydrogens is 322 g/mol. The zero-order valence-corrected chi connectivity index (χ0v) is 13.0. The van der Waals surface area contributed by atoms with Gasteiger partial charge in [0, 0.05) is 17.4 Å². The van der Waals surface area contributed by atoms with Gasteiger partial charge in [0.1, 0.15) is 12.4 Å². The Balaban J connectivity index is 1.63. The van der Waals surface area contributed by atoms with Crippen LogP contribution < -0.4 is 4.74 Å². The van der Waals surface area contributed by atoms with Crippen LogP contribution in [0.2, 0.25) is 0 Å². The number of rotatable bonds is 6. The van der Waals surface area contributed by atoms with Crippen molar-refractivity contribution in [1.29, 1.82) is 0 Å². The van der Waals surface area contributed by atoms with E-state index in [0.717, 1.165) is 42.7 Å². The Morgan fingerprint density at radius 1 is 1.30 bits per heavy atom. The number of nitrogens with zero attached hydrogens (tertiary/aromatic N) is 1. The molecule has 5 heteroatoms. The molecule has 1 heterocycles. The van der Waals surface area contributed by atoms with Gasteiger partial charge in [-0.1, -0.05) is 15.9 Å². The molecule has 1 aromatic carbocycles. The first-order valence-electron chi connectivity index (χ1n) is 6.96. The Morgan fingerprint density at radius 2 is 1.95 bits per heavy atom. The molecule has 0 radical (unpaired) electrons. The molecule has 0 spiro atoms. The fraction of sp³-hybridized carbons (Fsp3) is 0.533. The molecular formula is C15H20BrNO3. The van der Waals surface area contributed by atoms with Crippen LogP contribution in [0.4, 0.5) is 0 Å². The molecule has 1 N–H and O–H groups in total. The topological polar surface area (TPSA) is 49.8 Å². The number of carboxylic acid groups (broad SMARTS) is 1. The van der Waals surface area contributed by atoms with Gasteiger partial charge in [-0.3, -0.25) is 9.69 Å². The van der Waals surface area contributed by atoms with Crippen molar-refractivity contribution >= 4 is 21.9 Å². The van der Waals surface area contributed by atoms with Gasteiger partial charge in [0.15, 0.2) is 0 Å². The minimum absolute atomic E-state index is 0.309. The monoisotopic (exact) mass is 341 g/mol. The average Bonchev–Trinajstić information content (AvgIpc) is 2.42. The number of benzene rings is 1. The highest BCUT2D eigenvalue weighted by atomic mass is 79.9. The lowest BCUT2D eigenvalue weighted by Gasteiger charge is -2.31. The predicted molar refractivity (Wildman–Crippen MR) is 81.1 cm³/mol. The normalized spacial score (nSPS) is 17.1. The minimum atomic E-state index is -0.679. The standard InChI is InChI=1S/C15H20BrNO3/c16-13-1-3-14(4-2-13)20-10-9-17-7-5-12(6-8-17)11-15(18)19/h1-4,12H,5-11H2,(H,18,19). The lowest BCUT2D eigenvalue weighted by atomic mass is 9.94. The second-order valence-electron chi connectivity index (χ2n) is 5.19. The number of hydrogen-bond donors (Lipinski definition) is 1. The lowest BCUT2D eigenvalue weighted by Crippen LogP contribution is -2.37. The summed E-state index contributed by atoms with van der Waals surface area (Å²) in [5.41, 5.74) is 0. The number of carboxylic acids is 1. The summed E-state index contributed by atoms with van der Waals surface area (Å²) < 4.78 is 6.75. The Bertz CT molecular complexity index is 427. The van der Waals surface area contributed by atoms with Crippen molar-refractivity contribution in [3.8, 4) is 5.75 Å². The fourth-order valence-corrected chi connectivity index (χ4v) is 2.75. The van der Waals surface area contributed by atoms with Gasteiger partial charge in [-0.05, 0) is 56.1 Å². The first kappa shape index (κ1) is 15.3. The lowest BCUT2D eigenvalue weighted by molar-refractivity contribution is -0.138. The van der Waals surface area contributed by atoms with Crippen molar-refractivity contribution in [2.24, 2.45) is 5.92 Å². The molecule has 0 unspecified atom stereocenters. The van der Waals surface area contributed by atoms with Gasteiger partial charge in [0.05, 0.1) is 0 Å². The predicted octanol–water partition coefficient (Wildman–Crippen LogP) is 3.01. The van der Waals surface area contributed by atoms with Gasteiger partial charge in [0.25, 0.3) is 0 Å². The van der Waals surface area contributed by atoms with Crippen LogP contribution in [-0.4, -0.2) is 42.2 Å². The van der Waals surface area contributed by atoms with Crippen molar-refractivity contribution in [1.82, 2.24) is 4.90 Å². The quantitative estimate of drug-likeness (QED) is 0.863. The highest BCUT2D eigenvalue weighted by Crippen LogP contribution is 2.20. The van der Waals surface area contributed by atoms with Crippen LogP contribution in [0.3, 0.4) is 0 Å². The number of piperidine rings is 1. The van der Waals surface area contributed by atoms with E-state index >= 15 is 0 Å². The third-order valence-electron chi connectivity index (χ3n) is 3.66. The fourth-order valence-electron chi connectivity index (χ4n) is 2.48. The molecule has 1 fully saturated rings. The summed E-state index contributed by atoms with van der Waals surface area (Å²) in [4.78, 5) is 13.0. The first-order valence-corrected chi connectivity index (χ1v) is 7.75. The molecule has 0 aliphatic carbocycles. The van der Waals surface area contributed by atoms with E-state index in [1.54, 1.807) is 0 Å². The van der Waals surface area contributed by atoms with Crippen molar-refractivity contribution in [2.45, 2.75) is 19.3 Å². The van der Waals surface area contributed by atoms with E-state index in [-0.39, 0.29) is 0 Å². The number of halogens is 1. The minimum Gasteiger partial charge on any atom is -0.492 e. The van der Waals surface area contributed by atoms with E-state index in [0.29, 0.717) is 18.9 Å². The highest BCUT2D eigenvalue weighted by Gasteiger charge is 2.20. The Labute approximate surface area is 127 Å². The van der Waals surface area contributed by atoms with Gasteiger partial charge >= 0.3 is 5.97 Å². The Hall–Kier alpha value is -1.07. The van der Waals surface area contributed by atoms with Crippen LogP contribution >= 0.6 is 15.9 Å². The molecule has 110 valence electrons. The smallest absolute Gasteiger partial charge is 0.303 e. The maximum absolute atomic E-state index is 10.7. The van der Waals surface area contributed by atoms with Gasteiger partial charge < -0.3 is 9.84 Å². The Morgan fingerprint density at radius 3 is 2.55 bits per heavy atom. The van der Waals surface area contributed by atoms with E-state index < -0.39 is 5.97 Å². The van der Waals surface area contributed by atoms with Crippen molar-refractivity contribution in [3.05, 3.63) is 28.7 Å². The number of likely N-dealkylation sites (tertiary alicyclic amines) is 1. The van der Waals surface area contributed by atoms with Crippen molar-refractivity contribution in [2.75, 3.05) is 26.2 Å². The van der Waals surface area contributed by atoms with Gasteiger partial charge in [0.2, 0.25) is 0 Å². The van der Waals surface area contributed by atoms with Crippen LogP contribution in [0, 0.1) is 5.92 Å². The average molecular weight is 342 g/mol. The maximum atomic E-state index is 10.7. The zero-order valence-electron chi connectivity index (χ0n) is 11.4.